The second-order valence-electron chi connectivity index (χ2n) is 18.9. The number of rotatable bonds is 12. The summed E-state index contributed by atoms with van der Waals surface area (Å²) in [5.74, 6) is 0. The average Bonchev–Trinajstić information content (AvgIpc) is 3.88. The topological polar surface area (TPSA) is 0 Å². The Bertz CT molecular complexity index is 2890. The van der Waals surface area contributed by atoms with Gasteiger partial charge in [-0.05, 0) is 0 Å². The van der Waals surface area contributed by atoms with Gasteiger partial charge in [0.15, 0.2) is 0 Å². The molecule has 0 N–H and O–H groups in total. The fourth-order valence-electron chi connectivity index (χ4n) is 13.6. The molecular weight excluding hydrogens is 821 g/mol. The Labute approximate surface area is 386 Å². The van der Waals surface area contributed by atoms with Crippen molar-refractivity contribution in [3.8, 4) is 0 Å². The zero-order valence-electron chi connectivity index (χ0n) is 38.1. The van der Waals surface area contributed by atoms with Gasteiger partial charge in [-0.15, -0.1) is 0 Å². The van der Waals surface area contributed by atoms with Gasteiger partial charge in [0.05, 0.1) is 0 Å². The summed E-state index contributed by atoms with van der Waals surface area (Å²) >= 11 is -3.26. The van der Waals surface area contributed by atoms with Crippen LogP contribution in [0.25, 0.3) is 32.7 Å². The van der Waals surface area contributed by atoms with Crippen molar-refractivity contribution in [1.29, 1.82) is 0 Å². The molecular formula is C62H60SiTi. The molecule has 8 aromatic rings. The minimum absolute atomic E-state index is 0.457. The van der Waals surface area contributed by atoms with Crippen molar-refractivity contribution in [2.75, 3.05) is 0 Å². The minimum atomic E-state index is -3.26. The van der Waals surface area contributed by atoms with Crippen LogP contribution in [0.1, 0.15) is 108 Å². The van der Waals surface area contributed by atoms with E-state index < -0.39 is 24.7 Å². The fourth-order valence-corrected chi connectivity index (χ4v) is 30.6. The normalized spacial score (nSPS) is 18.0. The van der Waals surface area contributed by atoms with Crippen LogP contribution in [-0.2, 0) is 16.6 Å². The molecule has 0 aromatic heterocycles. The van der Waals surface area contributed by atoms with Crippen LogP contribution in [0.15, 0.2) is 193 Å². The van der Waals surface area contributed by atoms with Crippen molar-refractivity contribution < 1.29 is 16.6 Å². The molecule has 11 rings (SSSR count). The first-order valence-corrected chi connectivity index (χ1v) is 30.4. The molecule has 0 saturated carbocycles. The van der Waals surface area contributed by atoms with Gasteiger partial charge in [-0.1, -0.05) is 0 Å². The van der Waals surface area contributed by atoms with Crippen molar-refractivity contribution in [3.05, 3.63) is 227 Å². The number of hydrogen-bond acceptors (Lipinski definition) is 0. The van der Waals surface area contributed by atoms with E-state index in [0.717, 1.165) is 12.8 Å². The van der Waals surface area contributed by atoms with Crippen LogP contribution in [0.4, 0.5) is 0 Å². The summed E-state index contributed by atoms with van der Waals surface area (Å²) in [6.07, 6.45) is 7.19. The summed E-state index contributed by atoms with van der Waals surface area (Å²) in [6, 6.07) is 72.0. The van der Waals surface area contributed by atoms with E-state index in [-0.39, 0.29) is 0 Å². The molecule has 0 spiro atoms. The van der Waals surface area contributed by atoms with Gasteiger partial charge in [0.25, 0.3) is 0 Å². The Balaban J connectivity index is 1.42. The second-order valence-corrected chi connectivity index (χ2v) is 29.8. The van der Waals surface area contributed by atoms with E-state index in [1.54, 1.807) is 54.9 Å². The summed E-state index contributed by atoms with van der Waals surface area (Å²) in [6.45, 7) is 9.94. The monoisotopic (exact) mass is 880 g/mol. The van der Waals surface area contributed by atoms with Crippen LogP contribution in [0.2, 0.25) is 9.45 Å². The maximum absolute atomic E-state index is 3.26. The van der Waals surface area contributed by atoms with E-state index in [1.807, 2.05) is 0 Å². The molecule has 0 saturated heterocycles. The van der Waals surface area contributed by atoms with Crippen LogP contribution < -0.4 is 20.7 Å². The van der Waals surface area contributed by atoms with Gasteiger partial charge in [-0.2, -0.15) is 0 Å². The third kappa shape index (κ3) is 6.03. The molecule has 64 heavy (non-hydrogen) atoms. The second kappa shape index (κ2) is 16.9. The number of hydrogen-bond donors (Lipinski definition) is 0. The number of benzene rings is 8. The average molecular weight is 881 g/mol. The van der Waals surface area contributed by atoms with Crippen molar-refractivity contribution in [2.24, 2.45) is 0 Å². The van der Waals surface area contributed by atoms with Crippen molar-refractivity contribution in [2.45, 2.75) is 84.1 Å². The molecule has 8 aromatic carbocycles. The summed E-state index contributed by atoms with van der Waals surface area (Å²) in [5, 5.41) is 11.5. The van der Waals surface area contributed by atoms with E-state index in [9.17, 15) is 0 Å². The SMILES string of the molecule is CCC[CH2][Ti]1([CH2]CCC)[CH]2C(CC)=C(c3cccc4ccccc34)c3c2cccc3[Si](c2ccccc2)(c2ccccc2)c2cccc3c2C(c2cccc4ccccc24)=C(CC)[CH]31. The Hall–Kier alpha value is -5.31. The van der Waals surface area contributed by atoms with Gasteiger partial charge in [-0.3, -0.25) is 0 Å². The summed E-state index contributed by atoms with van der Waals surface area (Å²) in [4.78, 5) is 0. The fraction of sp³-hybridized carbons (Fsp3) is 0.226. The summed E-state index contributed by atoms with van der Waals surface area (Å²) < 4.78 is 3.69. The third-order valence-electron chi connectivity index (χ3n) is 15.9. The van der Waals surface area contributed by atoms with Gasteiger partial charge in [-0.25, -0.2) is 0 Å². The van der Waals surface area contributed by atoms with Crippen molar-refractivity contribution in [1.82, 2.24) is 0 Å². The summed E-state index contributed by atoms with van der Waals surface area (Å²) in [7, 11) is -3.14. The molecule has 2 unspecified atom stereocenters. The maximum atomic E-state index is 2.65. The first kappa shape index (κ1) is 41.4. The molecule has 2 heteroatoms. The Morgan fingerprint density at radius 3 is 1.22 bits per heavy atom. The van der Waals surface area contributed by atoms with E-state index in [1.165, 1.54) is 78.2 Å². The van der Waals surface area contributed by atoms with E-state index >= 15 is 0 Å². The molecule has 8 bridgehead atoms. The van der Waals surface area contributed by atoms with Crippen LogP contribution in [0.3, 0.4) is 0 Å². The molecule has 316 valence electrons. The van der Waals surface area contributed by atoms with Gasteiger partial charge < -0.3 is 0 Å². The van der Waals surface area contributed by atoms with Crippen molar-refractivity contribution in [3.63, 3.8) is 0 Å². The molecule has 2 atom stereocenters. The Morgan fingerprint density at radius 1 is 0.406 bits per heavy atom. The zero-order chi connectivity index (χ0) is 43.4. The zero-order valence-corrected chi connectivity index (χ0v) is 40.7. The van der Waals surface area contributed by atoms with Crippen LogP contribution in [0.5, 0.6) is 0 Å². The molecule has 0 fully saturated rings. The summed E-state index contributed by atoms with van der Waals surface area (Å²) in [5.41, 5.74) is 15.9. The first-order chi connectivity index (χ1) is 31.6. The van der Waals surface area contributed by atoms with Crippen LogP contribution in [0, 0.1) is 0 Å². The van der Waals surface area contributed by atoms with Gasteiger partial charge in [0.1, 0.15) is 0 Å². The standard InChI is InChI=1S/C54H42Si.2C4H9.Ti/c1-3-37-35-41-23-17-33-49(53(41)51(37)47-31-15-21-39-19-11-13-29-45(39)47)55(43-25-7-5-8-26-43,44-27-9-6-10-28-44)50-34-18-24-42-36-38(4-2)52(54(42)50)48-32-16-22-40-20-12-14-30-46(40)48;2*1-3-4-2;/h5-36H,3-4H2,1-2H3;2*1,3-4H2,2H3;. The molecule has 0 nitrogen and oxygen atoms in total. The Morgan fingerprint density at radius 2 is 0.797 bits per heavy atom. The molecule has 0 amide bonds. The quantitative estimate of drug-likeness (QED) is 0.107. The van der Waals surface area contributed by atoms with E-state index in [0.29, 0.717) is 8.45 Å². The van der Waals surface area contributed by atoms with Gasteiger partial charge >= 0.3 is 389 Å². The van der Waals surface area contributed by atoms with E-state index in [4.69, 9.17) is 0 Å². The molecule has 2 aliphatic carbocycles. The molecule has 0 radical (unpaired) electrons. The number of allylic oxidation sites excluding steroid dienone is 2. The predicted molar refractivity (Wildman–Crippen MR) is 275 cm³/mol. The molecule has 3 aliphatic rings. The van der Waals surface area contributed by atoms with E-state index in [2.05, 4.69) is 210 Å². The Kier molecular flexibility index (Phi) is 10.9. The third-order valence-corrected chi connectivity index (χ3v) is 30.4. The van der Waals surface area contributed by atoms with Gasteiger partial charge in [0, 0.05) is 0 Å². The predicted octanol–water partition coefficient (Wildman–Crippen LogP) is 14.5. The number of fused-ring (bicyclic) bond motifs is 2. The molecule has 1 heterocycles. The number of unbranched alkanes of at least 4 members (excludes halogenated alkanes) is 2. The van der Waals surface area contributed by atoms with Crippen LogP contribution in [-0.4, -0.2) is 8.07 Å². The van der Waals surface area contributed by atoms with Crippen molar-refractivity contribution >= 4 is 61.5 Å². The van der Waals surface area contributed by atoms with Gasteiger partial charge in [0.2, 0.25) is 0 Å². The first-order valence-electron chi connectivity index (χ1n) is 24.4. The molecule has 1 aliphatic heterocycles. The van der Waals surface area contributed by atoms with Crippen LogP contribution >= 0.6 is 0 Å².